The number of para-hydroxylation sites is 2. The second-order valence-corrected chi connectivity index (χ2v) is 21.6. The monoisotopic (exact) mass is 908 g/mol. The van der Waals surface area contributed by atoms with Crippen LogP contribution in [0.4, 0.5) is 34.1 Å². The van der Waals surface area contributed by atoms with Gasteiger partial charge in [0.05, 0.1) is 11.4 Å². The van der Waals surface area contributed by atoms with E-state index >= 15 is 0 Å². The topological polar surface area (TPSA) is 6.48 Å². The molecule has 0 aliphatic carbocycles. The molecule has 330 valence electrons. The predicted molar refractivity (Wildman–Crippen MR) is 308 cm³/mol. The average molecular weight is 909 g/mol. The number of aryl methyl sites for hydroxylation is 4. The summed E-state index contributed by atoms with van der Waals surface area (Å²) in [5.74, 6) is 0. The van der Waals surface area contributed by atoms with E-state index in [0.29, 0.717) is 0 Å². The Morgan fingerprint density at radius 3 is 0.792 bits per heavy atom. The van der Waals surface area contributed by atoms with Gasteiger partial charge in [-0.05, 0) is 104 Å². The van der Waals surface area contributed by atoms with Crippen molar-refractivity contribution in [1.82, 2.24) is 0 Å². The minimum atomic E-state index is 0.0776. The number of benzene rings is 12. The summed E-state index contributed by atoms with van der Waals surface area (Å²) < 4.78 is 0. The Hall–Kier alpha value is -8.59. The molecule has 0 amide bonds. The van der Waals surface area contributed by atoms with Crippen molar-refractivity contribution in [2.24, 2.45) is 0 Å². The molecule has 12 aromatic carbocycles. The maximum Gasteiger partial charge on any atom is 0.247 e. The fraction of sp³-hybridized carbons (Fsp3) is 0.0588. The third kappa shape index (κ3) is 4.33. The zero-order valence-electron chi connectivity index (χ0n) is 40.4. The molecule has 0 aromatic heterocycles. The lowest BCUT2D eigenvalue weighted by Gasteiger charge is -2.45. The van der Waals surface area contributed by atoms with Gasteiger partial charge in [-0.15, -0.1) is 0 Å². The highest BCUT2D eigenvalue weighted by molar-refractivity contribution is 7.00. The summed E-state index contributed by atoms with van der Waals surface area (Å²) in [6.45, 7) is 9.62. The van der Waals surface area contributed by atoms with E-state index in [9.17, 15) is 0 Å². The molecule has 2 nitrogen and oxygen atoms in total. The van der Waals surface area contributed by atoms with Crippen molar-refractivity contribution in [2.45, 2.75) is 27.7 Å². The van der Waals surface area contributed by atoms with Crippen molar-refractivity contribution < 1.29 is 0 Å². The Morgan fingerprint density at radius 1 is 0.264 bits per heavy atom. The van der Waals surface area contributed by atoms with Gasteiger partial charge >= 0.3 is 0 Å². The van der Waals surface area contributed by atoms with Crippen molar-refractivity contribution in [3.05, 3.63) is 204 Å². The third-order valence-corrected chi connectivity index (χ3v) is 18.1. The Balaban J connectivity index is 0.828. The van der Waals surface area contributed by atoms with Crippen molar-refractivity contribution in [3.8, 4) is 55.6 Å². The van der Waals surface area contributed by atoms with Crippen LogP contribution in [0.25, 0.3) is 98.7 Å². The van der Waals surface area contributed by atoms with E-state index < -0.39 is 0 Å². The summed E-state index contributed by atoms with van der Waals surface area (Å²) in [7, 11) is 0. The molecule has 0 radical (unpaired) electrons. The maximum absolute atomic E-state index is 2.67. The van der Waals surface area contributed by atoms with Crippen molar-refractivity contribution in [2.75, 3.05) is 9.80 Å². The van der Waals surface area contributed by atoms with E-state index in [-0.39, 0.29) is 13.4 Å². The molecule has 0 fully saturated rings. The smallest absolute Gasteiger partial charge is 0.247 e. The van der Waals surface area contributed by atoms with Gasteiger partial charge in [0.2, 0.25) is 13.4 Å². The summed E-state index contributed by atoms with van der Waals surface area (Å²) in [5, 5.41) is 10.7. The second kappa shape index (κ2) is 12.8. The first-order chi connectivity index (χ1) is 35.4. The summed E-state index contributed by atoms with van der Waals surface area (Å²) >= 11 is 0. The minimum Gasteiger partial charge on any atom is -0.309 e. The lowest BCUT2D eigenvalue weighted by Crippen LogP contribution is -2.59. The zero-order chi connectivity index (χ0) is 47.2. The van der Waals surface area contributed by atoms with Crippen LogP contribution in [-0.2, 0) is 0 Å². The molecule has 6 aliphatic heterocycles. The average Bonchev–Trinajstić information content (AvgIpc) is 3.41. The Labute approximate surface area is 418 Å². The van der Waals surface area contributed by atoms with Crippen LogP contribution in [-0.4, -0.2) is 13.4 Å². The first-order valence-electron chi connectivity index (χ1n) is 25.7. The quantitative estimate of drug-likeness (QED) is 0.163. The number of rotatable bonds is 3. The highest BCUT2D eigenvalue weighted by Gasteiger charge is 2.46. The van der Waals surface area contributed by atoms with Crippen LogP contribution < -0.4 is 42.6 Å². The van der Waals surface area contributed by atoms with E-state index in [0.717, 1.165) is 0 Å². The molecule has 12 aromatic rings. The van der Waals surface area contributed by atoms with Gasteiger partial charge in [0, 0.05) is 66.5 Å². The van der Waals surface area contributed by atoms with Crippen LogP contribution in [0.3, 0.4) is 0 Å². The Bertz CT molecular complexity index is 4090. The molecule has 6 aliphatic rings. The number of fused-ring (bicyclic) bond motifs is 4. The van der Waals surface area contributed by atoms with Gasteiger partial charge in [0.25, 0.3) is 0 Å². The molecule has 0 spiro atoms. The highest BCUT2D eigenvalue weighted by atomic mass is 15.2. The Kier molecular flexibility index (Phi) is 6.81. The van der Waals surface area contributed by atoms with Crippen LogP contribution in [0.2, 0.25) is 0 Å². The fourth-order valence-electron chi connectivity index (χ4n) is 15.6. The SMILES string of the molecule is Cc1cc(-c2cc(C)c(B3c4ccc5cccc6c5c4N4c5c-6cccc5-c5cccc6ccc3c4c56)c(C)c2)cc(C)c1B1c2ccc3cccc4c3c2N2c3c-4cccc3-c3cccc4ccc1c2c34. The van der Waals surface area contributed by atoms with Gasteiger partial charge in [0.1, 0.15) is 0 Å². The van der Waals surface area contributed by atoms with Gasteiger partial charge < -0.3 is 9.80 Å². The van der Waals surface area contributed by atoms with Gasteiger partial charge in [-0.3, -0.25) is 0 Å². The number of hydrogen-bond acceptors (Lipinski definition) is 2. The van der Waals surface area contributed by atoms with Gasteiger partial charge in [-0.2, -0.15) is 0 Å². The maximum atomic E-state index is 2.67. The van der Waals surface area contributed by atoms with Crippen molar-refractivity contribution in [1.29, 1.82) is 0 Å². The summed E-state index contributed by atoms with van der Waals surface area (Å²) in [5.41, 5.74) is 35.0. The van der Waals surface area contributed by atoms with E-state index in [1.807, 2.05) is 0 Å². The molecule has 0 unspecified atom stereocenters. The van der Waals surface area contributed by atoms with E-state index in [1.54, 1.807) is 0 Å². The van der Waals surface area contributed by atoms with Crippen LogP contribution in [0.5, 0.6) is 0 Å². The van der Waals surface area contributed by atoms with Crippen LogP contribution in [0.1, 0.15) is 22.3 Å². The molecular formula is C68H42B2N2. The second-order valence-electron chi connectivity index (χ2n) is 21.6. The molecule has 0 saturated carbocycles. The standard InChI is InChI=1S/C68H42B2N2/c1-35-31-43(32-36(2)61(35)69-53-27-23-39-11-5-15-45-49-19-9-20-50-46-16-6-12-40-24-28-54(69)66(58(40)46)71(63(49)50)65(53)57(39)45)44-33-37(3)62(38(4)34-44)70-55-29-25-41-13-7-17-47-51-21-10-22-52-48-18-8-14-42-26-30-56(70)68(60(42)48)72(64(51)52)67(55)59(41)47/h5-34H,1-4H3. The number of nitrogens with zero attached hydrogens (tertiary/aromatic N) is 2. The van der Waals surface area contributed by atoms with Crippen LogP contribution in [0.15, 0.2) is 182 Å². The zero-order valence-corrected chi connectivity index (χ0v) is 40.4. The lowest BCUT2D eigenvalue weighted by molar-refractivity contribution is 1.29. The third-order valence-electron chi connectivity index (χ3n) is 18.1. The van der Waals surface area contributed by atoms with Crippen LogP contribution in [0, 0.1) is 27.7 Å². The fourth-order valence-corrected chi connectivity index (χ4v) is 15.6. The molecule has 4 heteroatoms. The summed E-state index contributed by atoms with van der Waals surface area (Å²) in [6, 6.07) is 70.7. The molecule has 72 heavy (non-hydrogen) atoms. The normalized spacial score (nSPS) is 14.0. The van der Waals surface area contributed by atoms with Gasteiger partial charge in [-0.1, -0.05) is 215 Å². The van der Waals surface area contributed by atoms with E-state index in [2.05, 4.69) is 219 Å². The molecule has 6 heterocycles. The summed E-state index contributed by atoms with van der Waals surface area (Å²) in [6.07, 6.45) is 0. The predicted octanol–water partition coefficient (Wildman–Crippen LogP) is 13.7. The first kappa shape index (κ1) is 38.2. The minimum absolute atomic E-state index is 0.0776. The molecule has 0 N–H and O–H groups in total. The molecule has 18 rings (SSSR count). The van der Waals surface area contributed by atoms with Crippen LogP contribution >= 0.6 is 0 Å². The van der Waals surface area contributed by atoms with E-state index in [1.165, 1.54) is 188 Å². The molecule has 0 atom stereocenters. The largest absolute Gasteiger partial charge is 0.309 e. The van der Waals surface area contributed by atoms with Crippen molar-refractivity contribution in [3.63, 3.8) is 0 Å². The number of hydrogen-bond donors (Lipinski definition) is 0. The molecule has 0 bridgehead atoms. The lowest BCUT2D eigenvalue weighted by atomic mass is 9.33. The van der Waals surface area contributed by atoms with Gasteiger partial charge in [-0.25, -0.2) is 0 Å². The van der Waals surface area contributed by atoms with Gasteiger partial charge in [0.15, 0.2) is 0 Å². The molecule has 0 saturated heterocycles. The Morgan fingerprint density at radius 2 is 0.514 bits per heavy atom. The summed E-state index contributed by atoms with van der Waals surface area (Å²) in [4.78, 5) is 5.33. The number of anilines is 6. The first-order valence-corrected chi connectivity index (χ1v) is 25.7. The highest BCUT2D eigenvalue weighted by Crippen LogP contribution is 2.61. The van der Waals surface area contributed by atoms with Crippen molar-refractivity contribution >= 4 is 123 Å². The van der Waals surface area contributed by atoms with E-state index in [4.69, 9.17) is 0 Å². The molecular weight excluding hydrogens is 866 g/mol.